The fraction of sp³-hybridized carbons (Fsp3) is 0.286. The summed E-state index contributed by atoms with van der Waals surface area (Å²) in [7, 11) is 0. The molecule has 1 N–H and O–H groups in total. The Morgan fingerprint density at radius 3 is 2.56 bits per heavy atom. The van der Waals surface area contributed by atoms with Crippen LogP contribution in [-0.2, 0) is 6.42 Å². The van der Waals surface area contributed by atoms with E-state index in [9.17, 15) is 5.11 Å². The number of benzene rings is 1. The molecular weight excluding hydrogens is 216 g/mol. The maximum absolute atomic E-state index is 10.0. The van der Waals surface area contributed by atoms with Gasteiger partial charge in [0.1, 0.15) is 0 Å². The van der Waals surface area contributed by atoms with Crippen LogP contribution in [0.15, 0.2) is 41.8 Å². The van der Waals surface area contributed by atoms with Gasteiger partial charge in [0.15, 0.2) is 0 Å². The lowest BCUT2D eigenvalue weighted by atomic mass is 10.0. The molecule has 2 rings (SSSR count). The standard InChI is InChI=1S/C14H16OS/c1-11-9-10-16-14(11)8-7-13(15)12-5-3-2-4-6-12/h2-6,9-10,13,15H,7-8H2,1H3. The molecule has 0 bridgehead atoms. The van der Waals surface area contributed by atoms with Gasteiger partial charge < -0.3 is 5.11 Å². The van der Waals surface area contributed by atoms with Gasteiger partial charge in [0, 0.05) is 4.88 Å². The van der Waals surface area contributed by atoms with Crippen LogP contribution in [-0.4, -0.2) is 5.11 Å². The Labute approximate surface area is 100 Å². The van der Waals surface area contributed by atoms with E-state index in [1.165, 1.54) is 10.4 Å². The van der Waals surface area contributed by atoms with Crippen LogP contribution >= 0.6 is 11.3 Å². The van der Waals surface area contributed by atoms with Crippen molar-refractivity contribution in [1.29, 1.82) is 0 Å². The summed E-state index contributed by atoms with van der Waals surface area (Å²) in [6.07, 6.45) is 1.41. The molecule has 84 valence electrons. The predicted molar refractivity (Wildman–Crippen MR) is 68.8 cm³/mol. The lowest BCUT2D eigenvalue weighted by Gasteiger charge is -2.10. The summed E-state index contributed by atoms with van der Waals surface area (Å²) < 4.78 is 0. The molecular formula is C14H16OS. The molecule has 1 atom stereocenters. The minimum absolute atomic E-state index is 0.345. The molecule has 0 amide bonds. The SMILES string of the molecule is Cc1ccsc1CCC(O)c1ccccc1. The van der Waals surface area contributed by atoms with Crippen LogP contribution < -0.4 is 0 Å². The van der Waals surface area contributed by atoms with Gasteiger partial charge in [-0.05, 0) is 42.3 Å². The highest BCUT2D eigenvalue weighted by molar-refractivity contribution is 7.10. The average Bonchev–Trinajstić information content (AvgIpc) is 2.73. The summed E-state index contributed by atoms with van der Waals surface area (Å²) in [6.45, 7) is 2.13. The molecule has 1 aromatic heterocycles. The summed E-state index contributed by atoms with van der Waals surface area (Å²) in [5.74, 6) is 0. The van der Waals surface area contributed by atoms with Gasteiger partial charge >= 0.3 is 0 Å². The summed E-state index contributed by atoms with van der Waals surface area (Å²) in [5, 5.41) is 12.1. The van der Waals surface area contributed by atoms with Crippen molar-refractivity contribution in [3.8, 4) is 0 Å². The monoisotopic (exact) mass is 232 g/mol. The maximum atomic E-state index is 10.0. The van der Waals surface area contributed by atoms with Crippen LogP contribution in [0.5, 0.6) is 0 Å². The van der Waals surface area contributed by atoms with E-state index in [0.717, 1.165) is 18.4 Å². The van der Waals surface area contributed by atoms with Gasteiger partial charge in [-0.1, -0.05) is 30.3 Å². The van der Waals surface area contributed by atoms with Gasteiger partial charge in [0.25, 0.3) is 0 Å². The van der Waals surface area contributed by atoms with E-state index in [4.69, 9.17) is 0 Å². The Balaban J connectivity index is 1.94. The van der Waals surface area contributed by atoms with Crippen LogP contribution in [0.3, 0.4) is 0 Å². The third-order valence-corrected chi connectivity index (χ3v) is 3.88. The largest absolute Gasteiger partial charge is 0.388 e. The normalized spacial score (nSPS) is 12.6. The zero-order chi connectivity index (χ0) is 11.4. The highest BCUT2D eigenvalue weighted by Crippen LogP contribution is 2.23. The average molecular weight is 232 g/mol. The lowest BCUT2D eigenvalue weighted by molar-refractivity contribution is 0.168. The first-order valence-corrected chi connectivity index (χ1v) is 6.41. The van der Waals surface area contributed by atoms with Crippen molar-refractivity contribution >= 4 is 11.3 Å². The minimum atomic E-state index is -0.345. The number of hydrogen-bond donors (Lipinski definition) is 1. The number of aliphatic hydroxyl groups excluding tert-OH is 1. The number of hydrogen-bond acceptors (Lipinski definition) is 2. The number of thiophene rings is 1. The molecule has 0 saturated carbocycles. The minimum Gasteiger partial charge on any atom is -0.388 e. The van der Waals surface area contributed by atoms with Gasteiger partial charge in [-0.25, -0.2) is 0 Å². The highest BCUT2D eigenvalue weighted by atomic mass is 32.1. The molecule has 16 heavy (non-hydrogen) atoms. The van der Waals surface area contributed by atoms with Crippen LogP contribution in [0.2, 0.25) is 0 Å². The van der Waals surface area contributed by atoms with Gasteiger partial charge in [0.05, 0.1) is 6.10 Å². The summed E-state index contributed by atoms with van der Waals surface area (Å²) in [4.78, 5) is 1.38. The molecule has 0 fully saturated rings. The predicted octanol–water partition coefficient (Wildman–Crippen LogP) is 3.72. The van der Waals surface area contributed by atoms with Crippen molar-refractivity contribution in [2.24, 2.45) is 0 Å². The van der Waals surface area contributed by atoms with Gasteiger partial charge in [0.2, 0.25) is 0 Å². The second-order valence-electron chi connectivity index (χ2n) is 3.99. The molecule has 1 nitrogen and oxygen atoms in total. The Bertz CT molecular complexity index is 433. The molecule has 0 spiro atoms. The highest BCUT2D eigenvalue weighted by Gasteiger charge is 2.08. The van der Waals surface area contributed by atoms with E-state index in [-0.39, 0.29) is 6.10 Å². The van der Waals surface area contributed by atoms with Crippen LogP contribution in [0.4, 0.5) is 0 Å². The van der Waals surface area contributed by atoms with Crippen molar-refractivity contribution in [3.63, 3.8) is 0 Å². The topological polar surface area (TPSA) is 20.2 Å². The fourth-order valence-electron chi connectivity index (χ4n) is 1.77. The lowest BCUT2D eigenvalue weighted by Crippen LogP contribution is -1.99. The van der Waals surface area contributed by atoms with E-state index in [1.54, 1.807) is 11.3 Å². The molecule has 0 aliphatic heterocycles. The van der Waals surface area contributed by atoms with Crippen molar-refractivity contribution in [2.75, 3.05) is 0 Å². The number of aryl methyl sites for hydroxylation is 2. The van der Waals surface area contributed by atoms with E-state index >= 15 is 0 Å². The van der Waals surface area contributed by atoms with Crippen LogP contribution in [0.1, 0.15) is 28.5 Å². The van der Waals surface area contributed by atoms with Crippen LogP contribution in [0.25, 0.3) is 0 Å². The first-order chi connectivity index (χ1) is 7.77. The molecule has 1 aromatic carbocycles. The maximum Gasteiger partial charge on any atom is 0.0793 e. The summed E-state index contributed by atoms with van der Waals surface area (Å²) in [5.41, 5.74) is 2.35. The van der Waals surface area contributed by atoms with E-state index in [1.807, 2.05) is 30.3 Å². The van der Waals surface area contributed by atoms with E-state index < -0.39 is 0 Å². The number of aliphatic hydroxyl groups is 1. The summed E-state index contributed by atoms with van der Waals surface area (Å²) >= 11 is 1.78. The van der Waals surface area contributed by atoms with Gasteiger partial charge in [-0.2, -0.15) is 0 Å². The van der Waals surface area contributed by atoms with E-state index in [2.05, 4.69) is 18.4 Å². The quantitative estimate of drug-likeness (QED) is 0.851. The molecule has 0 radical (unpaired) electrons. The van der Waals surface area contributed by atoms with Crippen molar-refractivity contribution in [3.05, 3.63) is 57.8 Å². The van der Waals surface area contributed by atoms with Crippen molar-refractivity contribution in [2.45, 2.75) is 25.9 Å². The smallest absolute Gasteiger partial charge is 0.0793 e. The second kappa shape index (κ2) is 5.28. The third kappa shape index (κ3) is 2.71. The second-order valence-corrected chi connectivity index (χ2v) is 4.99. The van der Waals surface area contributed by atoms with Crippen LogP contribution in [0, 0.1) is 6.92 Å². The number of rotatable bonds is 4. The Morgan fingerprint density at radius 1 is 1.19 bits per heavy atom. The first kappa shape index (κ1) is 11.4. The Hall–Kier alpha value is -1.12. The molecule has 1 heterocycles. The summed E-state index contributed by atoms with van der Waals surface area (Å²) in [6, 6.07) is 12.0. The molecule has 0 saturated heterocycles. The third-order valence-electron chi connectivity index (χ3n) is 2.80. The fourth-order valence-corrected chi connectivity index (χ4v) is 2.70. The Morgan fingerprint density at radius 2 is 1.94 bits per heavy atom. The molecule has 2 heteroatoms. The molecule has 2 aromatic rings. The Kier molecular flexibility index (Phi) is 3.75. The van der Waals surface area contributed by atoms with Crippen molar-refractivity contribution in [1.82, 2.24) is 0 Å². The zero-order valence-electron chi connectivity index (χ0n) is 9.39. The van der Waals surface area contributed by atoms with E-state index in [0.29, 0.717) is 0 Å². The zero-order valence-corrected chi connectivity index (χ0v) is 10.2. The van der Waals surface area contributed by atoms with Gasteiger partial charge in [-0.15, -0.1) is 11.3 Å². The first-order valence-electron chi connectivity index (χ1n) is 5.53. The van der Waals surface area contributed by atoms with Crippen molar-refractivity contribution < 1.29 is 5.11 Å². The van der Waals surface area contributed by atoms with Gasteiger partial charge in [-0.3, -0.25) is 0 Å². The molecule has 0 aliphatic rings. The molecule has 1 unspecified atom stereocenters. The molecule has 0 aliphatic carbocycles.